The average molecular weight is 272 g/mol. The van der Waals surface area contributed by atoms with Crippen LogP contribution in [0.15, 0.2) is 29.6 Å². The first kappa shape index (κ1) is 12.9. The van der Waals surface area contributed by atoms with Gasteiger partial charge in [-0.3, -0.25) is 4.79 Å². The quantitative estimate of drug-likeness (QED) is 0.767. The largest absolute Gasteiger partial charge is 0.299 e. The molecular weight excluding hydrogens is 252 g/mol. The van der Waals surface area contributed by atoms with E-state index in [2.05, 4.69) is 36.6 Å². The topological polar surface area (TPSA) is 17.1 Å². The molecule has 0 radical (unpaired) electrons. The molecular formula is C17H20OS. The van der Waals surface area contributed by atoms with Gasteiger partial charge in [0.15, 0.2) is 0 Å². The van der Waals surface area contributed by atoms with Crippen LogP contribution in [0.5, 0.6) is 0 Å². The monoisotopic (exact) mass is 272 g/mol. The summed E-state index contributed by atoms with van der Waals surface area (Å²) in [6.45, 7) is 2.18. The second-order valence-electron chi connectivity index (χ2n) is 5.70. The first-order chi connectivity index (χ1) is 9.25. The molecule has 0 spiro atoms. The van der Waals surface area contributed by atoms with E-state index >= 15 is 0 Å². The fourth-order valence-corrected chi connectivity index (χ4v) is 4.37. The number of rotatable bonds is 4. The van der Waals surface area contributed by atoms with Gasteiger partial charge in [-0.15, -0.1) is 11.3 Å². The third-order valence-electron chi connectivity index (χ3n) is 4.74. The molecule has 0 N–H and O–H groups in total. The summed E-state index contributed by atoms with van der Waals surface area (Å²) in [6, 6.07) is 8.41. The third-order valence-corrected chi connectivity index (χ3v) is 5.75. The molecule has 0 saturated heterocycles. The van der Waals surface area contributed by atoms with Gasteiger partial charge in [0.2, 0.25) is 0 Å². The molecule has 0 aliphatic heterocycles. The van der Waals surface area contributed by atoms with Crippen molar-refractivity contribution in [2.24, 2.45) is 5.41 Å². The van der Waals surface area contributed by atoms with Crippen LogP contribution >= 0.6 is 11.3 Å². The number of thiophene rings is 1. The number of carbonyl (C=O) groups is 1. The van der Waals surface area contributed by atoms with E-state index in [9.17, 15) is 4.79 Å². The van der Waals surface area contributed by atoms with Crippen LogP contribution in [0, 0.1) is 5.41 Å². The van der Waals surface area contributed by atoms with Crippen molar-refractivity contribution in [1.82, 2.24) is 0 Å². The lowest BCUT2D eigenvalue weighted by molar-refractivity contribution is -0.128. The second-order valence-corrected chi connectivity index (χ2v) is 6.61. The SMILES string of the molecule is CCC1(C(=O)Cc2csc3ccccc23)CCCC1. The molecule has 2 aromatic rings. The lowest BCUT2D eigenvalue weighted by Crippen LogP contribution is -2.28. The minimum Gasteiger partial charge on any atom is -0.299 e. The fourth-order valence-electron chi connectivity index (χ4n) is 3.41. The maximum absolute atomic E-state index is 12.7. The molecule has 0 unspecified atom stereocenters. The van der Waals surface area contributed by atoms with Gasteiger partial charge in [0.1, 0.15) is 5.78 Å². The number of hydrogen-bond acceptors (Lipinski definition) is 2. The van der Waals surface area contributed by atoms with Crippen molar-refractivity contribution in [3.05, 3.63) is 35.2 Å². The predicted octanol–water partition coefficient (Wildman–Crippen LogP) is 4.98. The first-order valence-electron chi connectivity index (χ1n) is 7.23. The van der Waals surface area contributed by atoms with Gasteiger partial charge in [-0.2, -0.15) is 0 Å². The van der Waals surface area contributed by atoms with Crippen LogP contribution in [0.4, 0.5) is 0 Å². The maximum atomic E-state index is 12.7. The minimum atomic E-state index is -0.0109. The van der Waals surface area contributed by atoms with Gasteiger partial charge in [-0.05, 0) is 41.7 Å². The van der Waals surface area contributed by atoms with E-state index in [-0.39, 0.29) is 5.41 Å². The van der Waals surface area contributed by atoms with Gasteiger partial charge in [0, 0.05) is 16.5 Å². The van der Waals surface area contributed by atoms with Crippen molar-refractivity contribution in [3.8, 4) is 0 Å². The molecule has 2 heteroatoms. The lowest BCUT2D eigenvalue weighted by atomic mass is 9.77. The molecule has 3 rings (SSSR count). The van der Waals surface area contributed by atoms with Gasteiger partial charge < -0.3 is 0 Å². The van der Waals surface area contributed by atoms with Crippen LogP contribution in [-0.4, -0.2) is 5.78 Å². The Hall–Kier alpha value is -1.15. The van der Waals surface area contributed by atoms with Gasteiger partial charge in [0.25, 0.3) is 0 Å². The minimum absolute atomic E-state index is 0.0109. The zero-order valence-electron chi connectivity index (χ0n) is 11.4. The Kier molecular flexibility index (Phi) is 3.44. The van der Waals surface area contributed by atoms with E-state index < -0.39 is 0 Å². The van der Waals surface area contributed by atoms with Crippen molar-refractivity contribution in [1.29, 1.82) is 0 Å². The van der Waals surface area contributed by atoms with Crippen molar-refractivity contribution < 1.29 is 4.79 Å². The highest BCUT2D eigenvalue weighted by atomic mass is 32.1. The number of benzene rings is 1. The number of ketones is 1. The van der Waals surface area contributed by atoms with E-state index in [0.29, 0.717) is 12.2 Å². The fraction of sp³-hybridized carbons (Fsp3) is 0.471. The molecule has 0 atom stereocenters. The van der Waals surface area contributed by atoms with Gasteiger partial charge in [-0.1, -0.05) is 38.0 Å². The van der Waals surface area contributed by atoms with Crippen LogP contribution in [-0.2, 0) is 11.2 Å². The van der Waals surface area contributed by atoms with Crippen LogP contribution in [0.25, 0.3) is 10.1 Å². The van der Waals surface area contributed by atoms with Crippen LogP contribution in [0.2, 0.25) is 0 Å². The smallest absolute Gasteiger partial charge is 0.143 e. The molecule has 0 bridgehead atoms. The zero-order valence-corrected chi connectivity index (χ0v) is 12.3. The average Bonchev–Trinajstić information content (AvgIpc) is 3.07. The summed E-state index contributed by atoms with van der Waals surface area (Å²) in [5.41, 5.74) is 1.22. The second kappa shape index (κ2) is 5.09. The van der Waals surface area contributed by atoms with Crippen molar-refractivity contribution in [2.75, 3.05) is 0 Å². The Morgan fingerprint density at radius 2 is 2.00 bits per heavy atom. The Labute approximate surface area is 118 Å². The molecule has 1 heterocycles. The highest BCUT2D eigenvalue weighted by Gasteiger charge is 2.38. The molecule has 1 saturated carbocycles. The number of hydrogen-bond donors (Lipinski definition) is 0. The molecule has 0 amide bonds. The summed E-state index contributed by atoms with van der Waals surface area (Å²) in [7, 11) is 0. The molecule has 1 aliphatic carbocycles. The Morgan fingerprint density at radius 1 is 1.26 bits per heavy atom. The number of Topliss-reactive ketones (excluding diaryl/α,β-unsaturated/α-hetero) is 1. The van der Waals surface area contributed by atoms with E-state index in [1.54, 1.807) is 11.3 Å². The molecule has 1 nitrogen and oxygen atoms in total. The molecule has 1 fully saturated rings. The summed E-state index contributed by atoms with van der Waals surface area (Å²) < 4.78 is 1.29. The summed E-state index contributed by atoms with van der Waals surface area (Å²) in [6.07, 6.45) is 6.29. The van der Waals surface area contributed by atoms with Crippen LogP contribution in [0.3, 0.4) is 0 Å². The van der Waals surface area contributed by atoms with Crippen molar-refractivity contribution in [3.63, 3.8) is 0 Å². The van der Waals surface area contributed by atoms with Gasteiger partial charge >= 0.3 is 0 Å². The standard InChI is InChI=1S/C17H20OS/c1-2-17(9-5-6-10-17)16(18)11-13-12-19-15-8-4-3-7-14(13)15/h3-4,7-8,12H,2,5-6,9-11H2,1H3. The summed E-state index contributed by atoms with van der Waals surface area (Å²) in [5.74, 6) is 0.469. The van der Waals surface area contributed by atoms with Crippen LogP contribution in [0.1, 0.15) is 44.6 Å². The predicted molar refractivity (Wildman–Crippen MR) is 81.7 cm³/mol. The Balaban J connectivity index is 1.86. The van der Waals surface area contributed by atoms with E-state index in [0.717, 1.165) is 19.3 Å². The van der Waals surface area contributed by atoms with E-state index in [1.165, 1.54) is 28.5 Å². The Bertz CT molecular complexity index is 590. The highest BCUT2D eigenvalue weighted by molar-refractivity contribution is 7.17. The van der Waals surface area contributed by atoms with Crippen LogP contribution < -0.4 is 0 Å². The maximum Gasteiger partial charge on any atom is 0.143 e. The molecule has 19 heavy (non-hydrogen) atoms. The number of carbonyl (C=O) groups excluding carboxylic acids is 1. The zero-order chi connectivity index (χ0) is 13.3. The molecule has 1 aromatic heterocycles. The highest BCUT2D eigenvalue weighted by Crippen LogP contribution is 2.43. The summed E-state index contributed by atoms with van der Waals surface area (Å²) in [5, 5.41) is 3.44. The molecule has 1 aliphatic rings. The lowest BCUT2D eigenvalue weighted by Gasteiger charge is -2.25. The summed E-state index contributed by atoms with van der Waals surface area (Å²) in [4.78, 5) is 12.7. The van der Waals surface area contributed by atoms with E-state index in [1.807, 2.05) is 0 Å². The normalized spacial score (nSPS) is 17.9. The van der Waals surface area contributed by atoms with E-state index in [4.69, 9.17) is 0 Å². The van der Waals surface area contributed by atoms with Crippen molar-refractivity contribution >= 4 is 27.2 Å². The van der Waals surface area contributed by atoms with Gasteiger partial charge in [0.05, 0.1) is 0 Å². The molecule has 100 valence electrons. The van der Waals surface area contributed by atoms with Crippen molar-refractivity contribution in [2.45, 2.75) is 45.4 Å². The first-order valence-corrected chi connectivity index (χ1v) is 8.11. The summed E-state index contributed by atoms with van der Waals surface area (Å²) >= 11 is 1.75. The number of fused-ring (bicyclic) bond motifs is 1. The van der Waals surface area contributed by atoms with Gasteiger partial charge in [-0.25, -0.2) is 0 Å². The Morgan fingerprint density at radius 3 is 2.74 bits per heavy atom. The third kappa shape index (κ3) is 2.23. The molecule has 1 aromatic carbocycles.